The summed E-state index contributed by atoms with van der Waals surface area (Å²) in [7, 11) is 0. The zero-order valence-corrected chi connectivity index (χ0v) is 10.4. The highest BCUT2D eigenvalue weighted by molar-refractivity contribution is 7.16. The molecule has 0 aliphatic heterocycles. The van der Waals surface area contributed by atoms with Crippen LogP contribution in [0.1, 0.15) is 21.6 Å². The highest BCUT2D eigenvalue weighted by Crippen LogP contribution is 2.30. The fourth-order valence-corrected chi connectivity index (χ4v) is 3.08. The molecule has 0 amide bonds. The summed E-state index contributed by atoms with van der Waals surface area (Å²) < 4.78 is 0.761. The molecule has 80 valence electrons. The van der Waals surface area contributed by atoms with E-state index in [1.165, 1.54) is 11.3 Å². The smallest absolute Gasteiger partial charge is 0.0982 e. The lowest BCUT2D eigenvalue weighted by atomic mass is 10.2. The van der Waals surface area contributed by atoms with Crippen LogP contribution in [0, 0.1) is 6.92 Å². The maximum absolute atomic E-state index is 5.89. The van der Waals surface area contributed by atoms with Crippen LogP contribution in [0.5, 0.6) is 0 Å². The van der Waals surface area contributed by atoms with Gasteiger partial charge < -0.3 is 0 Å². The number of halogens is 1. The van der Waals surface area contributed by atoms with Gasteiger partial charge >= 0.3 is 0 Å². The molecule has 3 N–H and O–H groups in total. The molecule has 0 aromatic carbocycles. The summed E-state index contributed by atoms with van der Waals surface area (Å²) in [6.07, 6.45) is 0. The van der Waals surface area contributed by atoms with E-state index in [4.69, 9.17) is 17.4 Å². The van der Waals surface area contributed by atoms with Crippen LogP contribution in [-0.4, -0.2) is 4.98 Å². The predicted octanol–water partition coefficient (Wildman–Crippen LogP) is 2.72. The summed E-state index contributed by atoms with van der Waals surface area (Å²) >= 11 is 9.01. The van der Waals surface area contributed by atoms with E-state index in [-0.39, 0.29) is 6.04 Å². The molecule has 2 aromatic heterocycles. The van der Waals surface area contributed by atoms with Crippen molar-refractivity contribution in [1.82, 2.24) is 10.4 Å². The summed E-state index contributed by atoms with van der Waals surface area (Å²) in [6, 6.07) is 3.77. The van der Waals surface area contributed by atoms with Gasteiger partial charge in [-0.15, -0.1) is 22.7 Å². The molecule has 2 heterocycles. The highest BCUT2D eigenvalue weighted by atomic mass is 35.5. The van der Waals surface area contributed by atoms with Crippen molar-refractivity contribution >= 4 is 34.3 Å². The minimum absolute atomic E-state index is 0.0625. The maximum atomic E-state index is 5.89. The Morgan fingerprint density at radius 2 is 2.33 bits per heavy atom. The Kier molecular flexibility index (Phi) is 3.38. The molecule has 0 saturated heterocycles. The van der Waals surface area contributed by atoms with Crippen LogP contribution in [0.3, 0.4) is 0 Å². The first-order valence-corrected chi connectivity index (χ1v) is 6.41. The third-order valence-corrected chi connectivity index (χ3v) is 4.07. The minimum atomic E-state index is -0.0625. The van der Waals surface area contributed by atoms with Crippen molar-refractivity contribution < 1.29 is 0 Å². The van der Waals surface area contributed by atoms with E-state index in [0.717, 1.165) is 19.9 Å². The molecule has 2 rings (SSSR count). The Bertz CT molecular complexity index is 411. The van der Waals surface area contributed by atoms with Crippen molar-refractivity contribution in [3.8, 4) is 0 Å². The van der Waals surface area contributed by atoms with E-state index in [1.54, 1.807) is 11.3 Å². The summed E-state index contributed by atoms with van der Waals surface area (Å²) in [5, 5.41) is 3.04. The van der Waals surface area contributed by atoms with Crippen molar-refractivity contribution in [3.05, 3.63) is 37.4 Å². The number of aromatic nitrogens is 1. The Balaban J connectivity index is 2.32. The van der Waals surface area contributed by atoms with Crippen molar-refractivity contribution in [1.29, 1.82) is 0 Å². The van der Waals surface area contributed by atoms with Gasteiger partial charge in [-0.25, -0.2) is 10.4 Å². The van der Waals surface area contributed by atoms with Gasteiger partial charge in [0.2, 0.25) is 0 Å². The first kappa shape index (κ1) is 11.0. The lowest BCUT2D eigenvalue weighted by molar-refractivity contribution is 0.632. The Labute approximate surface area is 101 Å². The number of hydrogen-bond acceptors (Lipinski definition) is 5. The second-order valence-corrected chi connectivity index (χ2v) is 5.84. The average Bonchev–Trinajstić information content (AvgIpc) is 2.78. The molecule has 0 fully saturated rings. The Morgan fingerprint density at radius 3 is 2.80 bits per heavy atom. The number of nitrogens with zero attached hydrogens (tertiary/aromatic N) is 1. The number of nitrogens with one attached hydrogen (secondary N) is 1. The van der Waals surface area contributed by atoms with E-state index in [9.17, 15) is 0 Å². The number of thiophene rings is 1. The second kappa shape index (κ2) is 4.59. The quantitative estimate of drug-likeness (QED) is 0.658. The normalized spacial score (nSPS) is 13.0. The van der Waals surface area contributed by atoms with Gasteiger partial charge in [0.05, 0.1) is 21.1 Å². The summed E-state index contributed by atoms with van der Waals surface area (Å²) in [6.45, 7) is 1.98. The zero-order chi connectivity index (χ0) is 10.8. The molecule has 15 heavy (non-hydrogen) atoms. The van der Waals surface area contributed by atoms with E-state index in [2.05, 4.69) is 10.4 Å². The molecule has 1 atom stereocenters. The van der Waals surface area contributed by atoms with E-state index in [1.807, 2.05) is 24.4 Å². The molecule has 0 radical (unpaired) electrons. The number of nitrogens with two attached hydrogens (primary N) is 1. The lowest BCUT2D eigenvalue weighted by Crippen LogP contribution is -2.28. The number of hydrazine groups is 1. The van der Waals surface area contributed by atoms with Crippen LogP contribution >= 0.6 is 34.3 Å². The third-order valence-electron chi connectivity index (χ3n) is 1.98. The van der Waals surface area contributed by atoms with Gasteiger partial charge in [0.25, 0.3) is 0 Å². The monoisotopic (exact) mass is 259 g/mol. The summed E-state index contributed by atoms with van der Waals surface area (Å²) in [5.41, 5.74) is 3.70. The average molecular weight is 260 g/mol. The molecule has 1 unspecified atom stereocenters. The topological polar surface area (TPSA) is 50.9 Å². The second-order valence-electron chi connectivity index (χ2n) is 3.03. The van der Waals surface area contributed by atoms with Crippen LogP contribution in [0.4, 0.5) is 0 Å². The Morgan fingerprint density at radius 1 is 1.53 bits per heavy atom. The predicted molar refractivity (Wildman–Crippen MR) is 65.3 cm³/mol. The molecular formula is C9H10ClN3S2. The van der Waals surface area contributed by atoms with Crippen LogP contribution in [0.25, 0.3) is 0 Å². The zero-order valence-electron chi connectivity index (χ0n) is 8.03. The molecule has 6 heteroatoms. The molecule has 0 saturated carbocycles. The van der Waals surface area contributed by atoms with E-state index in [0.29, 0.717) is 0 Å². The molecule has 3 nitrogen and oxygen atoms in total. The van der Waals surface area contributed by atoms with Gasteiger partial charge in [-0.05, 0) is 19.1 Å². The molecule has 0 aliphatic rings. The number of thiazole rings is 1. The lowest BCUT2D eigenvalue weighted by Gasteiger charge is -2.10. The maximum Gasteiger partial charge on any atom is 0.0982 e. The van der Waals surface area contributed by atoms with Crippen molar-refractivity contribution in [2.75, 3.05) is 0 Å². The Hall–Kier alpha value is -0.460. The van der Waals surface area contributed by atoms with Gasteiger partial charge in [0.15, 0.2) is 0 Å². The molecule has 0 bridgehead atoms. The molecule has 0 spiro atoms. The van der Waals surface area contributed by atoms with Gasteiger partial charge in [-0.3, -0.25) is 5.84 Å². The number of rotatable bonds is 3. The standard InChI is InChI=1S/C9H10ClN3S2/c1-5-12-6(4-14-5)9(13-11)7-2-3-8(10)15-7/h2-4,9,13H,11H2,1H3. The largest absolute Gasteiger partial charge is 0.270 e. The molecule has 2 aromatic rings. The number of aryl methyl sites for hydroxylation is 1. The van der Waals surface area contributed by atoms with Gasteiger partial charge in [0.1, 0.15) is 0 Å². The first-order valence-electron chi connectivity index (χ1n) is 4.34. The summed E-state index contributed by atoms with van der Waals surface area (Å²) in [4.78, 5) is 5.48. The van der Waals surface area contributed by atoms with Crippen molar-refractivity contribution in [2.24, 2.45) is 5.84 Å². The fourth-order valence-electron chi connectivity index (χ4n) is 1.31. The highest BCUT2D eigenvalue weighted by Gasteiger charge is 2.16. The first-order chi connectivity index (χ1) is 7.20. The van der Waals surface area contributed by atoms with Crippen LogP contribution in [0.2, 0.25) is 4.34 Å². The van der Waals surface area contributed by atoms with Gasteiger partial charge in [-0.2, -0.15) is 0 Å². The number of hydrogen-bond donors (Lipinski definition) is 2. The van der Waals surface area contributed by atoms with Gasteiger partial charge in [-0.1, -0.05) is 11.6 Å². The molecular weight excluding hydrogens is 250 g/mol. The SMILES string of the molecule is Cc1nc(C(NN)c2ccc(Cl)s2)cs1. The van der Waals surface area contributed by atoms with Crippen molar-refractivity contribution in [3.63, 3.8) is 0 Å². The summed E-state index contributed by atoms with van der Waals surface area (Å²) in [5.74, 6) is 5.53. The van der Waals surface area contributed by atoms with Gasteiger partial charge in [0, 0.05) is 10.3 Å². The fraction of sp³-hybridized carbons (Fsp3) is 0.222. The van der Waals surface area contributed by atoms with Crippen LogP contribution in [-0.2, 0) is 0 Å². The van der Waals surface area contributed by atoms with Crippen LogP contribution < -0.4 is 11.3 Å². The third kappa shape index (κ3) is 2.38. The molecule has 0 aliphatic carbocycles. The van der Waals surface area contributed by atoms with E-state index >= 15 is 0 Å². The van der Waals surface area contributed by atoms with Crippen LogP contribution in [0.15, 0.2) is 17.5 Å². The van der Waals surface area contributed by atoms with Crippen molar-refractivity contribution in [2.45, 2.75) is 13.0 Å². The minimum Gasteiger partial charge on any atom is -0.270 e. The van der Waals surface area contributed by atoms with E-state index < -0.39 is 0 Å².